The quantitative estimate of drug-likeness (QED) is 0.811. The van der Waals surface area contributed by atoms with Gasteiger partial charge in [-0.2, -0.15) is 13.2 Å². The lowest BCUT2D eigenvalue weighted by Crippen LogP contribution is -2.10. The molecule has 0 spiro atoms. The van der Waals surface area contributed by atoms with Crippen LogP contribution in [0.5, 0.6) is 0 Å². The van der Waals surface area contributed by atoms with Crippen LogP contribution in [-0.4, -0.2) is 9.97 Å². The lowest BCUT2D eigenvalue weighted by Gasteiger charge is -2.09. The molecule has 0 bridgehead atoms. The topological polar surface area (TPSA) is 45.8 Å². The van der Waals surface area contributed by atoms with Gasteiger partial charge < -0.3 is 4.98 Å². The highest BCUT2D eigenvalue weighted by molar-refractivity contribution is 9.10. The van der Waals surface area contributed by atoms with Crippen molar-refractivity contribution in [3.8, 4) is 11.4 Å². The fourth-order valence-electron chi connectivity index (χ4n) is 1.42. The van der Waals surface area contributed by atoms with Crippen molar-refractivity contribution in [1.82, 2.24) is 9.97 Å². The average molecular weight is 337 g/mol. The Morgan fingerprint density at radius 2 is 1.89 bits per heavy atom. The fourth-order valence-corrected chi connectivity index (χ4v) is 1.62. The second-order valence-electron chi connectivity index (χ2n) is 3.64. The minimum Gasteiger partial charge on any atom is -0.306 e. The van der Waals surface area contributed by atoms with E-state index in [4.69, 9.17) is 0 Å². The summed E-state index contributed by atoms with van der Waals surface area (Å²) in [5.41, 5.74) is -1.87. The highest BCUT2D eigenvalue weighted by Gasteiger charge is 2.31. The standard InChI is InChI=1S/C11H5BrF4N2O/c12-8-4-17-9(18-10(8)19)5-1-6(11(14,15)16)3-7(13)2-5/h1-4H,(H,17,18,19). The van der Waals surface area contributed by atoms with Crippen LogP contribution in [0.3, 0.4) is 0 Å². The second kappa shape index (κ2) is 4.76. The number of nitrogens with zero attached hydrogens (tertiary/aromatic N) is 1. The SMILES string of the molecule is O=c1[nH]c(-c2cc(F)cc(C(F)(F)F)c2)ncc1Br. The lowest BCUT2D eigenvalue weighted by atomic mass is 10.1. The van der Waals surface area contributed by atoms with Gasteiger partial charge in [-0.25, -0.2) is 9.37 Å². The van der Waals surface area contributed by atoms with E-state index in [1.807, 2.05) is 0 Å². The van der Waals surface area contributed by atoms with Crippen LogP contribution in [0.2, 0.25) is 0 Å². The summed E-state index contributed by atoms with van der Waals surface area (Å²) in [5, 5.41) is 0. The Bertz CT molecular complexity index is 681. The van der Waals surface area contributed by atoms with Crippen molar-refractivity contribution in [2.24, 2.45) is 0 Å². The zero-order valence-electron chi connectivity index (χ0n) is 9.05. The highest BCUT2D eigenvalue weighted by atomic mass is 79.9. The number of aromatic amines is 1. The molecule has 0 unspecified atom stereocenters. The van der Waals surface area contributed by atoms with Gasteiger partial charge in [0.05, 0.1) is 5.56 Å². The normalized spacial score (nSPS) is 11.6. The van der Waals surface area contributed by atoms with Crippen LogP contribution in [0.1, 0.15) is 5.56 Å². The van der Waals surface area contributed by atoms with Crippen molar-refractivity contribution in [3.63, 3.8) is 0 Å². The first-order chi connectivity index (χ1) is 8.77. The summed E-state index contributed by atoms with van der Waals surface area (Å²) < 4.78 is 50.9. The average Bonchev–Trinajstić information content (AvgIpc) is 2.31. The van der Waals surface area contributed by atoms with Gasteiger partial charge in [0.2, 0.25) is 0 Å². The maximum Gasteiger partial charge on any atom is 0.416 e. The van der Waals surface area contributed by atoms with E-state index in [1.54, 1.807) is 0 Å². The first kappa shape index (κ1) is 13.7. The number of benzene rings is 1. The predicted molar refractivity (Wildman–Crippen MR) is 63.0 cm³/mol. The minimum atomic E-state index is -4.67. The van der Waals surface area contributed by atoms with E-state index in [1.165, 1.54) is 0 Å². The molecule has 2 aromatic rings. The van der Waals surface area contributed by atoms with E-state index in [0.29, 0.717) is 6.07 Å². The van der Waals surface area contributed by atoms with Crippen LogP contribution >= 0.6 is 15.9 Å². The number of rotatable bonds is 1. The van der Waals surface area contributed by atoms with Gasteiger partial charge in [-0.3, -0.25) is 4.79 Å². The monoisotopic (exact) mass is 336 g/mol. The summed E-state index contributed by atoms with van der Waals surface area (Å²) in [4.78, 5) is 17.3. The van der Waals surface area contributed by atoms with Crippen LogP contribution in [0, 0.1) is 5.82 Å². The third kappa shape index (κ3) is 3.01. The molecule has 1 heterocycles. The highest BCUT2D eigenvalue weighted by Crippen LogP contribution is 2.32. The first-order valence-corrected chi connectivity index (χ1v) is 5.69. The predicted octanol–water partition coefficient (Wildman–Crippen LogP) is 3.36. The molecule has 100 valence electrons. The number of alkyl halides is 3. The summed E-state index contributed by atoms with van der Waals surface area (Å²) >= 11 is 2.90. The molecule has 1 N–H and O–H groups in total. The molecule has 19 heavy (non-hydrogen) atoms. The van der Waals surface area contributed by atoms with Crippen LogP contribution in [0.25, 0.3) is 11.4 Å². The summed E-state index contributed by atoms with van der Waals surface area (Å²) in [6.07, 6.45) is -3.54. The minimum absolute atomic E-state index is 0.128. The van der Waals surface area contributed by atoms with E-state index in [2.05, 4.69) is 25.9 Å². The van der Waals surface area contributed by atoms with Crippen molar-refractivity contribution in [3.05, 3.63) is 50.6 Å². The second-order valence-corrected chi connectivity index (χ2v) is 4.49. The van der Waals surface area contributed by atoms with Gasteiger partial charge in [0, 0.05) is 11.8 Å². The fraction of sp³-hybridized carbons (Fsp3) is 0.0909. The molecule has 0 aliphatic heterocycles. The molecule has 0 saturated heterocycles. The van der Waals surface area contributed by atoms with E-state index in [0.717, 1.165) is 18.3 Å². The third-order valence-corrected chi connectivity index (χ3v) is 2.82. The Morgan fingerprint density at radius 1 is 1.21 bits per heavy atom. The van der Waals surface area contributed by atoms with Crippen molar-refractivity contribution in [1.29, 1.82) is 0 Å². The molecular weight excluding hydrogens is 332 g/mol. The van der Waals surface area contributed by atoms with Crippen molar-refractivity contribution < 1.29 is 17.6 Å². The largest absolute Gasteiger partial charge is 0.416 e. The Hall–Kier alpha value is -1.70. The molecule has 0 atom stereocenters. The molecule has 3 nitrogen and oxygen atoms in total. The van der Waals surface area contributed by atoms with E-state index in [9.17, 15) is 22.4 Å². The molecule has 0 fully saturated rings. The molecule has 1 aromatic carbocycles. The van der Waals surface area contributed by atoms with Gasteiger partial charge in [0.1, 0.15) is 16.1 Å². The molecule has 0 amide bonds. The maximum absolute atomic E-state index is 13.2. The Balaban J connectivity index is 2.59. The molecule has 1 aromatic heterocycles. The third-order valence-electron chi connectivity index (χ3n) is 2.25. The molecule has 0 radical (unpaired) electrons. The number of halogens is 5. The summed E-state index contributed by atoms with van der Waals surface area (Å²) in [5.74, 6) is -1.20. The number of aromatic nitrogens is 2. The summed E-state index contributed by atoms with van der Waals surface area (Å²) in [7, 11) is 0. The van der Waals surface area contributed by atoms with E-state index < -0.39 is 23.1 Å². The molecular formula is C11H5BrF4N2O. The van der Waals surface area contributed by atoms with Crippen LogP contribution < -0.4 is 5.56 Å². The molecule has 0 aliphatic carbocycles. The number of hydrogen-bond donors (Lipinski definition) is 1. The number of H-pyrrole nitrogens is 1. The van der Waals surface area contributed by atoms with E-state index >= 15 is 0 Å². The Morgan fingerprint density at radius 3 is 2.47 bits per heavy atom. The molecule has 0 aliphatic rings. The first-order valence-electron chi connectivity index (χ1n) is 4.90. The van der Waals surface area contributed by atoms with Gasteiger partial charge in [0.25, 0.3) is 5.56 Å². The molecule has 8 heteroatoms. The van der Waals surface area contributed by atoms with Gasteiger partial charge in [-0.1, -0.05) is 0 Å². The molecule has 0 saturated carbocycles. The lowest BCUT2D eigenvalue weighted by molar-refractivity contribution is -0.137. The van der Waals surface area contributed by atoms with Gasteiger partial charge in [-0.05, 0) is 34.1 Å². The van der Waals surface area contributed by atoms with Crippen molar-refractivity contribution >= 4 is 15.9 Å². The van der Waals surface area contributed by atoms with Crippen molar-refractivity contribution in [2.75, 3.05) is 0 Å². The maximum atomic E-state index is 13.2. The van der Waals surface area contributed by atoms with Gasteiger partial charge in [0.15, 0.2) is 0 Å². The smallest absolute Gasteiger partial charge is 0.306 e. The summed E-state index contributed by atoms with van der Waals surface area (Å²) in [6.45, 7) is 0. The Kier molecular flexibility index (Phi) is 3.44. The zero-order chi connectivity index (χ0) is 14.2. The van der Waals surface area contributed by atoms with Gasteiger partial charge in [-0.15, -0.1) is 0 Å². The van der Waals surface area contributed by atoms with Crippen LogP contribution in [-0.2, 0) is 6.18 Å². The van der Waals surface area contributed by atoms with Crippen LogP contribution in [0.4, 0.5) is 17.6 Å². The summed E-state index contributed by atoms with van der Waals surface area (Å²) in [6, 6.07) is 1.96. The van der Waals surface area contributed by atoms with E-state index in [-0.39, 0.29) is 15.9 Å². The number of nitrogens with one attached hydrogen (secondary N) is 1. The number of hydrogen-bond acceptors (Lipinski definition) is 2. The Labute approximate surface area is 112 Å². The van der Waals surface area contributed by atoms with Gasteiger partial charge >= 0.3 is 6.18 Å². The van der Waals surface area contributed by atoms with Crippen molar-refractivity contribution in [2.45, 2.75) is 6.18 Å². The van der Waals surface area contributed by atoms with Crippen LogP contribution in [0.15, 0.2) is 33.7 Å². The zero-order valence-corrected chi connectivity index (χ0v) is 10.6. The molecule has 2 rings (SSSR count).